The molecule has 0 atom stereocenters. The van der Waals surface area contributed by atoms with Crippen molar-refractivity contribution < 1.29 is 0 Å². The molecule has 0 aliphatic carbocycles. The van der Waals surface area contributed by atoms with Crippen molar-refractivity contribution in [2.24, 2.45) is 0 Å². The molecule has 3 heteroatoms. The van der Waals surface area contributed by atoms with E-state index in [0.29, 0.717) is 5.82 Å². The van der Waals surface area contributed by atoms with Gasteiger partial charge in [0.25, 0.3) is 0 Å². The van der Waals surface area contributed by atoms with Crippen LogP contribution in [0.3, 0.4) is 0 Å². The van der Waals surface area contributed by atoms with Gasteiger partial charge >= 0.3 is 0 Å². The van der Waals surface area contributed by atoms with Crippen molar-refractivity contribution in [3.63, 3.8) is 0 Å². The highest BCUT2D eigenvalue weighted by Crippen LogP contribution is 2.28. The Balaban J connectivity index is 2.69. The highest BCUT2D eigenvalue weighted by Gasteiger charge is 2.19. The third-order valence-corrected chi connectivity index (χ3v) is 3.17. The Hall–Kier alpha value is -1.51. The number of nitrogens with two attached hydrogens (primary N) is 1. The molecule has 2 heterocycles. The van der Waals surface area contributed by atoms with Crippen LogP contribution in [0.5, 0.6) is 0 Å². The van der Waals surface area contributed by atoms with E-state index in [0.717, 1.165) is 17.3 Å². The van der Waals surface area contributed by atoms with E-state index in [2.05, 4.69) is 36.5 Å². The molecule has 0 spiro atoms. The molecule has 2 aromatic heterocycles. The quantitative estimate of drug-likeness (QED) is 0.815. The maximum Gasteiger partial charge on any atom is 0.132 e. The molecule has 80 valence electrons. The van der Waals surface area contributed by atoms with Crippen molar-refractivity contribution >= 4 is 16.7 Å². The Kier molecular flexibility index (Phi) is 2.18. The lowest BCUT2D eigenvalue weighted by Crippen LogP contribution is -2.24. The van der Waals surface area contributed by atoms with Crippen molar-refractivity contribution in [2.45, 2.75) is 32.7 Å². The first-order valence-corrected chi connectivity index (χ1v) is 5.28. The Bertz CT molecular complexity index is 483. The Morgan fingerprint density at radius 3 is 2.80 bits per heavy atom. The van der Waals surface area contributed by atoms with E-state index in [-0.39, 0.29) is 5.54 Å². The molecule has 0 amide bonds. The minimum Gasteiger partial charge on any atom is -0.383 e. The Morgan fingerprint density at radius 1 is 1.40 bits per heavy atom. The monoisotopic (exact) mass is 203 g/mol. The number of rotatable bonds is 2. The van der Waals surface area contributed by atoms with Gasteiger partial charge in [-0.15, -0.1) is 0 Å². The Labute approximate surface area is 89.9 Å². The van der Waals surface area contributed by atoms with Crippen LogP contribution in [0.2, 0.25) is 0 Å². The van der Waals surface area contributed by atoms with Crippen LogP contribution in [-0.2, 0) is 5.54 Å². The lowest BCUT2D eigenvalue weighted by Gasteiger charge is -2.26. The molecule has 0 aromatic carbocycles. The summed E-state index contributed by atoms with van der Waals surface area (Å²) in [6.45, 7) is 6.64. The molecule has 15 heavy (non-hydrogen) atoms. The second-order valence-corrected chi connectivity index (χ2v) is 4.48. The van der Waals surface area contributed by atoms with Gasteiger partial charge in [-0.25, -0.2) is 4.98 Å². The first kappa shape index (κ1) is 10.0. The van der Waals surface area contributed by atoms with Crippen molar-refractivity contribution in [1.29, 1.82) is 0 Å². The Morgan fingerprint density at radius 2 is 2.13 bits per heavy atom. The molecule has 0 saturated carbocycles. The molecule has 0 fully saturated rings. The van der Waals surface area contributed by atoms with Gasteiger partial charge in [-0.05, 0) is 32.4 Å². The minimum atomic E-state index is 0.121. The minimum absolute atomic E-state index is 0.121. The average Bonchev–Trinajstić information content (AvgIpc) is 2.63. The summed E-state index contributed by atoms with van der Waals surface area (Å²) in [5, 5.41) is 1.04. The molecule has 0 saturated heterocycles. The van der Waals surface area contributed by atoms with Crippen LogP contribution in [0.15, 0.2) is 24.5 Å². The van der Waals surface area contributed by atoms with E-state index in [1.165, 1.54) is 0 Å². The SMILES string of the molecule is CCC(C)(C)n1ccc2c(N)nccc21. The maximum atomic E-state index is 5.83. The standard InChI is InChI=1S/C12H17N3/c1-4-12(2,3)15-8-6-9-10(15)5-7-14-11(9)13/h5-8H,4H2,1-3H3,(H2,13,14). The molecule has 2 aromatic rings. The zero-order chi connectivity index (χ0) is 11.1. The number of pyridine rings is 1. The number of fused-ring (bicyclic) bond motifs is 1. The van der Waals surface area contributed by atoms with Crippen LogP contribution in [0.1, 0.15) is 27.2 Å². The van der Waals surface area contributed by atoms with E-state index in [9.17, 15) is 0 Å². The number of nitrogens with zero attached hydrogens (tertiary/aromatic N) is 2. The van der Waals surface area contributed by atoms with Gasteiger partial charge in [-0.3, -0.25) is 0 Å². The van der Waals surface area contributed by atoms with E-state index in [4.69, 9.17) is 5.73 Å². The van der Waals surface area contributed by atoms with E-state index < -0.39 is 0 Å². The molecule has 0 aliphatic heterocycles. The van der Waals surface area contributed by atoms with Gasteiger partial charge in [-0.1, -0.05) is 6.92 Å². The molecule has 0 aliphatic rings. The third kappa shape index (κ3) is 1.48. The van der Waals surface area contributed by atoms with Crippen molar-refractivity contribution in [2.75, 3.05) is 5.73 Å². The topological polar surface area (TPSA) is 43.8 Å². The van der Waals surface area contributed by atoms with Crippen LogP contribution in [0.4, 0.5) is 5.82 Å². The number of aromatic nitrogens is 2. The molecular formula is C12H17N3. The summed E-state index contributed by atoms with van der Waals surface area (Å²) in [6, 6.07) is 4.05. The molecule has 2 rings (SSSR count). The van der Waals surface area contributed by atoms with Gasteiger partial charge < -0.3 is 10.3 Å². The lowest BCUT2D eigenvalue weighted by atomic mass is 10.0. The van der Waals surface area contributed by atoms with Crippen molar-refractivity contribution in [1.82, 2.24) is 9.55 Å². The van der Waals surface area contributed by atoms with Crippen molar-refractivity contribution in [3.05, 3.63) is 24.5 Å². The normalized spacial score (nSPS) is 12.2. The highest BCUT2D eigenvalue weighted by atomic mass is 15.0. The number of hydrogen-bond donors (Lipinski definition) is 1. The summed E-state index contributed by atoms with van der Waals surface area (Å²) in [7, 11) is 0. The first-order valence-electron chi connectivity index (χ1n) is 5.28. The number of anilines is 1. The molecule has 3 nitrogen and oxygen atoms in total. The van der Waals surface area contributed by atoms with E-state index in [1.807, 2.05) is 12.1 Å². The first-order chi connectivity index (χ1) is 7.06. The number of hydrogen-bond acceptors (Lipinski definition) is 2. The zero-order valence-electron chi connectivity index (χ0n) is 9.49. The summed E-state index contributed by atoms with van der Waals surface area (Å²) in [5.74, 6) is 0.609. The van der Waals surface area contributed by atoms with Gasteiger partial charge in [0.05, 0.1) is 5.52 Å². The van der Waals surface area contributed by atoms with Gasteiger partial charge in [0.15, 0.2) is 0 Å². The molecule has 0 bridgehead atoms. The summed E-state index contributed by atoms with van der Waals surface area (Å²) >= 11 is 0. The maximum absolute atomic E-state index is 5.83. The van der Waals surface area contributed by atoms with Crippen LogP contribution < -0.4 is 5.73 Å². The summed E-state index contributed by atoms with van der Waals surface area (Å²) < 4.78 is 2.26. The number of nitrogen functional groups attached to an aromatic ring is 1. The van der Waals surface area contributed by atoms with E-state index >= 15 is 0 Å². The van der Waals surface area contributed by atoms with Crippen molar-refractivity contribution in [3.8, 4) is 0 Å². The highest BCUT2D eigenvalue weighted by molar-refractivity contribution is 5.89. The summed E-state index contributed by atoms with van der Waals surface area (Å²) in [6.07, 6.45) is 4.94. The van der Waals surface area contributed by atoms with Gasteiger partial charge in [0, 0.05) is 23.3 Å². The largest absolute Gasteiger partial charge is 0.383 e. The predicted molar refractivity (Wildman–Crippen MR) is 63.8 cm³/mol. The predicted octanol–water partition coefficient (Wildman–Crippen LogP) is 2.76. The third-order valence-electron chi connectivity index (χ3n) is 3.17. The second kappa shape index (κ2) is 3.26. The van der Waals surface area contributed by atoms with Crippen LogP contribution in [0, 0.1) is 0 Å². The fourth-order valence-electron chi connectivity index (χ4n) is 1.79. The molecular weight excluding hydrogens is 186 g/mol. The van der Waals surface area contributed by atoms with E-state index in [1.54, 1.807) is 6.20 Å². The second-order valence-electron chi connectivity index (χ2n) is 4.48. The van der Waals surface area contributed by atoms with Crippen LogP contribution >= 0.6 is 0 Å². The van der Waals surface area contributed by atoms with Gasteiger partial charge in [0.2, 0.25) is 0 Å². The zero-order valence-corrected chi connectivity index (χ0v) is 9.49. The average molecular weight is 203 g/mol. The van der Waals surface area contributed by atoms with Gasteiger partial charge in [-0.2, -0.15) is 0 Å². The molecule has 0 unspecified atom stereocenters. The molecule has 0 radical (unpaired) electrons. The fraction of sp³-hybridized carbons (Fsp3) is 0.417. The van der Waals surface area contributed by atoms with Crippen LogP contribution in [-0.4, -0.2) is 9.55 Å². The lowest BCUT2D eigenvalue weighted by molar-refractivity contribution is 0.354. The summed E-state index contributed by atoms with van der Waals surface area (Å²) in [5.41, 5.74) is 7.11. The summed E-state index contributed by atoms with van der Waals surface area (Å²) in [4.78, 5) is 4.09. The van der Waals surface area contributed by atoms with Crippen LogP contribution in [0.25, 0.3) is 10.9 Å². The molecule has 2 N–H and O–H groups in total. The van der Waals surface area contributed by atoms with Gasteiger partial charge in [0.1, 0.15) is 5.82 Å². The fourth-order valence-corrected chi connectivity index (χ4v) is 1.79. The smallest absolute Gasteiger partial charge is 0.132 e.